The number of nitrogens with one attached hydrogen (secondary N) is 1. The third-order valence-corrected chi connectivity index (χ3v) is 0.707. The van der Waals surface area contributed by atoms with E-state index in [2.05, 4.69) is 10.5 Å². The van der Waals surface area contributed by atoms with E-state index in [1.165, 1.54) is 6.21 Å². The Hall–Kier alpha value is -0.900. The van der Waals surface area contributed by atoms with E-state index < -0.39 is 0 Å². The molecule has 0 saturated carbocycles. The van der Waals surface area contributed by atoms with Crippen LogP contribution in [0, 0.1) is 0 Å². The zero-order valence-corrected chi connectivity index (χ0v) is 5.42. The van der Waals surface area contributed by atoms with Crippen molar-refractivity contribution in [3.05, 3.63) is 0 Å². The predicted molar refractivity (Wildman–Crippen MR) is 36.0 cm³/mol. The van der Waals surface area contributed by atoms with Gasteiger partial charge in [-0.05, 0) is 0 Å². The molecule has 0 saturated heterocycles. The van der Waals surface area contributed by atoms with Gasteiger partial charge in [0.1, 0.15) is 0 Å². The maximum Gasteiger partial charge on any atom is 0.239 e. The fourth-order valence-corrected chi connectivity index (χ4v) is 0.249. The number of nitrogens with two attached hydrogens (primary N) is 1. The molecule has 0 rings (SSSR count). The van der Waals surface area contributed by atoms with E-state index in [1.54, 1.807) is 6.92 Å². The van der Waals surface area contributed by atoms with E-state index in [9.17, 15) is 4.79 Å². The third kappa shape index (κ3) is 4.96. The lowest BCUT2D eigenvalue weighted by Crippen LogP contribution is -2.16. The van der Waals surface area contributed by atoms with Crippen molar-refractivity contribution >= 4 is 12.1 Å². The molecule has 0 heterocycles. The Morgan fingerprint density at radius 3 is 3.00 bits per heavy atom. The molecular weight excluding hydrogens is 118 g/mol. The van der Waals surface area contributed by atoms with E-state index in [4.69, 9.17) is 5.73 Å². The van der Waals surface area contributed by atoms with Crippen molar-refractivity contribution in [3.8, 4) is 0 Å². The molecule has 0 bridgehead atoms. The minimum Gasteiger partial charge on any atom is -0.326 e. The van der Waals surface area contributed by atoms with Crippen molar-refractivity contribution in [2.24, 2.45) is 10.8 Å². The highest BCUT2D eigenvalue weighted by Crippen LogP contribution is 1.71. The summed E-state index contributed by atoms with van der Waals surface area (Å²) in [5.74, 6) is -0.0975. The van der Waals surface area contributed by atoms with E-state index in [1.807, 2.05) is 0 Å². The predicted octanol–water partition coefficient (Wildman–Crippen LogP) is -0.543. The lowest BCUT2D eigenvalue weighted by Gasteiger charge is -1.91. The van der Waals surface area contributed by atoms with Gasteiger partial charge in [-0.1, -0.05) is 6.92 Å². The summed E-state index contributed by atoms with van der Waals surface area (Å²) in [6.45, 7) is 2.11. The molecule has 9 heavy (non-hydrogen) atoms. The Morgan fingerprint density at radius 1 is 1.89 bits per heavy atom. The molecule has 1 amide bonds. The Kier molecular flexibility index (Phi) is 4.72. The number of rotatable bonds is 3. The molecule has 3 N–H and O–H groups in total. The van der Waals surface area contributed by atoms with Crippen LogP contribution < -0.4 is 11.2 Å². The van der Waals surface area contributed by atoms with Crippen molar-refractivity contribution in [2.45, 2.75) is 13.3 Å². The van der Waals surface area contributed by atoms with Crippen LogP contribution in [-0.4, -0.2) is 18.7 Å². The van der Waals surface area contributed by atoms with Crippen molar-refractivity contribution < 1.29 is 4.79 Å². The van der Waals surface area contributed by atoms with Gasteiger partial charge in [-0.3, -0.25) is 4.79 Å². The highest BCUT2D eigenvalue weighted by molar-refractivity contribution is 5.76. The summed E-state index contributed by atoms with van der Waals surface area (Å²) in [7, 11) is 0. The van der Waals surface area contributed by atoms with Gasteiger partial charge in [0.05, 0.1) is 0 Å². The van der Waals surface area contributed by atoms with Crippen LogP contribution in [0.1, 0.15) is 13.3 Å². The van der Waals surface area contributed by atoms with Gasteiger partial charge in [-0.15, -0.1) is 0 Å². The number of amides is 1. The molecule has 0 fully saturated rings. The SMILES string of the molecule is CCC(=O)N/N=C/CN. The Balaban J connectivity index is 3.26. The van der Waals surface area contributed by atoms with Crippen molar-refractivity contribution in [3.63, 3.8) is 0 Å². The average molecular weight is 129 g/mol. The molecule has 0 unspecified atom stereocenters. The van der Waals surface area contributed by atoms with Crippen LogP contribution in [0.15, 0.2) is 5.10 Å². The normalized spacial score (nSPS) is 10.0. The maximum atomic E-state index is 10.4. The number of hydrazone groups is 1. The van der Waals surface area contributed by atoms with Gasteiger partial charge in [0, 0.05) is 19.2 Å². The van der Waals surface area contributed by atoms with Crippen LogP contribution in [0.4, 0.5) is 0 Å². The van der Waals surface area contributed by atoms with Gasteiger partial charge in [0.25, 0.3) is 0 Å². The van der Waals surface area contributed by atoms with Gasteiger partial charge < -0.3 is 5.73 Å². The summed E-state index contributed by atoms with van der Waals surface area (Å²) in [6, 6.07) is 0. The van der Waals surface area contributed by atoms with E-state index >= 15 is 0 Å². The van der Waals surface area contributed by atoms with Crippen molar-refractivity contribution in [1.29, 1.82) is 0 Å². The molecule has 0 aromatic heterocycles. The molecule has 0 aliphatic heterocycles. The Labute approximate surface area is 54.1 Å². The maximum absolute atomic E-state index is 10.4. The van der Waals surface area contributed by atoms with E-state index in [0.717, 1.165) is 0 Å². The molecule has 0 spiro atoms. The second-order valence-electron chi connectivity index (χ2n) is 1.44. The molecule has 0 aromatic carbocycles. The first-order valence-corrected chi connectivity index (χ1v) is 2.81. The number of carbonyl (C=O) groups excluding carboxylic acids is 1. The standard InChI is InChI=1S/C5H11N3O/c1-2-5(9)8-7-4-3-6/h4H,2-3,6H2,1H3,(H,8,9)/b7-4+. The van der Waals surface area contributed by atoms with Crippen LogP contribution in [0.25, 0.3) is 0 Å². The van der Waals surface area contributed by atoms with Crippen LogP contribution in [-0.2, 0) is 4.79 Å². The fourth-order valence-electron chi connectivity index (χ4n) is 0.249. The van der Waals surface area contributed by atoms with Gasteiger partial charge in [0.15, 0.2) is 0 Å². The van der Waals surface area contributed by atoms with Gasteiger partial charge >= 0.3 is 0 Å². The summed E-state index contributed by atoms with van der Waals surface area (Å²) >= 11 is 0. The Bertz CT molecular complexity index is 111. The first-order chi connectivity index (χ1) is 4.31. The summed E-state index contributed by atoms with van der Waals surface area (Å²) in [5.41, 5.74) is 7.34. The molecule has 4 heteroatoms. The topological polar surface area (TPSA) is 67.5 Å². The average Bonchev–Trinajstić information content (AvgIpc) is 1.89. The highest BCUT2D eigenvalue weighted by Gasteiger charge is 1.88. The highest BCUT2D eigenvalue weighted by atomic mass is 16.2. The molecule has 0 aromatic rings. The first kappa shape index (κ1) is 8.10. The van der Waals surface area contributed by atoms with Crippen LogP contribution in [0.2, 0.25) is 0 Å². The second-order valence-corrected chi connectivity index (χ2v) is 1.44. The summed E-state index contributed by atoms with van der Waals surface area (Å²) in [6.07, 6.45) is 1.88. The van der Waals surface area contributed by atoms with Crippen LogP contribution in [0.3, 0.4) is 0 Å². The van der Waals surface area contributed by atoms with Gasteiger partial charge in [-0.2, -0.15) is 5.10 Å². The first-order valence-electron chi connectivity index (χ1n) is 2.81. The minimum atomic E-state index is -0.0975. The number of nitrogens with zero attached hydrogens (tertiary/aromatic N) is 1. The molecule has 0 aliphatic rings. The number of hydrogen-bond donors (Lipinski definition) is 2. The monoisotopic (exact) mass is 129 g/mol. The minimum absolute atomic E-state index is 0.0975. The third-order valence-electron chi connectivity index (χ3n) is 0.707. The van der Waals surface area contributed by atoms with Crippen molar-refractivity contribution in [2.75, 3.05) is 6.54 Å². The molecule has 52 valence electrons. The number of hydrogen-bond acceptors (Lipinski definition) is 3. The molecular formula is C5H11N3O. The second kappa shape index (κ2) is 5.24. The van der Waals surface area contributed by atoms with E-state index in [-0.39, 0.29) is 5.91 Å². The fraction of sp³-hybridized carbons (Fsp3) is 0.600. The molecule has 4 nitrogen and oxygen atoms in total. The zero-order chi connectivity index (χ0) is 7.11. The van der Waals surface area contributed by atoms with Gasteiger partial charge in [0.2, 0.25) is 5.91 Å². The van der Waals surface area contributed by atoms with Crippen LogP contribution >= 0.6 is 0 Å². The van der Waals surface area contributed by atoms with E-state index in [0.29, 0.717) is 13.0 Å². The smallest absolute Gasteiger partial charge is 0.239 e. The Morgan fingerprint density at radius 2 is 2.56 bits per heavy atom. The largest absolute Gasteiger partial charge is 0.326 e. The molecule has 0 radical (unpaired) electrons. The summed E-state index contributed by atoms with van der Waals surface area (Å²) in [5, 5.41) is 3.51. The zero-order valence-electron chi connectivity index (χ0n) is 5.42. The van der Waals surface area contributed by atoms with Gasteiger partial charge in [-0.25, -0.2) is 5.43 Å². The lowest BCUT2D eigenvalue weighted by molar-refractivity contribution is -0.120. The molecule has 0 atom stereocenters. The quantitative estimate of drug-likeness (QED) is 0.397. The van der Waals surface area contributed by atoms with Crippen molar-refractivity contribution in [1.82, 2.24) is 5.43 Å². The number of carbonyl (C=O) groups is 1. The summed E-state index contributed by atoms with van der Waals surface area (Å²) in [4.78, 5) is 10.4. The molecule has 0 aliphatic carbocycles. The van der Waals surface area contributed by atoms with Crippen LogP contribution in [0.5, 0.6) is 0 Å². The summed E-state index contributed by atoms with van der Waals surface area (Å²) < 4.78 is 0. The lowest BCUT2D eigenvalue weighted by atomic mass is 10.5.